The first-order valence-electron chi connectivity index (χ1n) is 45.1. The van der Waals surface area contributed by atoms with Gasteiger partial charge in [0.15, 0.2) is 6.04 Å². The van der Waals surface area contributed by atoms with E-state index in [1.807, 2.05) is 182 Å². The maximum Gasteiger partial charge on any atom is 0.408 e. The Labute approximate surface area is 906 Å². The van der Waals surface area contributed by atoms with Gasteiger partial charge in [-0.3, -0.25) is 14.5 Å². The number of carboxylic acid groups (broad SMARTS) is 1. The molecule has 0 aromatic heterocycles. The quantitative estimate of drug-likeness (QED) is 0.0507. The Morgan fingerprint density at radius 3 is 1.04 bits per heavy atom. The Morgan fingerprint density at radius 2 is 0.695 bits per heavy atom. The molecular formula is C106H105BCl16N11O7. The zero-order valence-electron chi connectivity index (χ0n) is 77.3. The van der Waals surface area contributed by atoms with E-state index in [1.165, 1.54) is 24.0 Å². The number of nitrogens with one attached hydrogen (secondary N) is 2. The van der Waals surface area contributed by atoms with Crippen molar-refractivity contribution in [1.82, 2.24) is 25.3 Å². The van der Waals surface area contributed by atoms with Gasteiger partial charge in [-0.2, -0.15) is 0 Å². The van der Waals surface area contributed by atoms with Gasteiger partial charge in [0.25, 0.3) is 0 Å². The van der Waals surface area contributed by atoms with Crippen LogP contribution in [0.2, 0.25) is 80.4 Å². The van der Waals surface area contributed by atoms with Gasteiger partial charge in [0.1, 0.15) is 11.6 Å². The molecule has 12 aromatic rings. The number of carbonyl (C=O) groups is 4. The number of ether oxygens (including phenoxy) is 2. The second kappa shape index (κ2) is 54.4. The molecule has 35 heteroatoms. The van der Waals surface area contributed by atoms with Crippen molar-refractivity contribution in [2.45, 2.75) is 94.3 Å². The summed E-state index contributed by atoms with van der Waals surface area (Å²) in [6.07, 6.45) is 1.77. The first-order chi connectivity index (χ1) is 66.9. The number of carboxylic acids is 1. The van der Waals surface area contributed by atoms with Crippen molar-refractivity contribution in [2.24, 2.45) is 11.5 Å². The molecule has 18 nitrogen and oxygen atoms in total. The third-order valence-electron chi connectivity index (χ3n) is 23.9. The van der Waals surface area contributed by atoms with Crippen molar-refractivity contribution in [2.75, 3.05) is 118 Å². The molecule has 3 amide bonds. The summed E-state index contributed by atoms with van der Waals surface area (Å²) in [6, 6.07) is 80.2. The molecule has 7 N–H and O–H groups in total. The van der Waals surface area contributed by atoms with E-state index in [9.17, 15) is 19.2 Å². The monoisotopic (exact) mass is 2210 g/mol. The van der Waals surface area contributed by atoms with Crippen LogP contribution in [0.5, 0.6) is 0 Å². The average molecular weight is 2220 g/mol. The summed E-state index contributed by atoms with van der Waals surface area (Å²) in [6.45, 7) is 18.4. The van der Waals surface area contributed by atoms with Gasteiger partial charge in [-0.25, -0.2) is 9.59 Å². The van der Waals surface area contributed by atoms with Crippen LogP contribution < -0.4 is 41.7 Å². The van der Waals surface area contributed by atoms with Crippen molar-refractivity contribution < 1.29 is 33.8 Å². The fraction of sp³-hybridized carbons (Fsp3) is 0.283. The lowest BCUT2D eigenvalue weighted by molar-refractivity contribution is -0.139. The topological polar surface area (TPSA) is 206 Å². The van der Waals surface area contributed by atoms with Crippen LogP contribution in [0.15, 0.2) is 267 Å². The number of anilines is 4. The van der Waals surface area contributed by atoms with E-state index in [0.717, 1.165) is 120 Å². The molecule has 5 aliphatic heterocycles. The van der Waals surface area contributed by atoms with Crippen molar-refractivity contribution >= 4 is 241 Å². The van der Waals surface area contributed by atoms with Crippen molar-refractivity contribution in [1.29, 1.82) is 0 Å². The predicted molar refractivity (Wildman–Crippen MR) is 588 cm³/mol. The maximum atomic E-state index is 13.4. The molecular weight excluding hydrogens is 2120 g/mol. The fourth-order valence-electron chi connectivity index (χ4n) is 16.7. The number of carbonyl (C=O) groups excluding carboxylic acids is 3. The number of aliphatic carboxylic acids is 1. The minimum atomic E-state index is -1.17. The van der Waals surface area contributed by atoms with E-state index in [4.69, 9.17) is 212 Å². The Bertz CT molecular complexity index is 5910. The van der Waals surface area contributed by atoms with Crippen LogP contribution in [-0.4, -0.2) is 156 Å². The van der Waals surface area contributed by atoms with Crippen molar-refractivity contribution in [3.63, 3.8) is 0 Å². The molecule has 5 fully saturated rings. The number of hydrogen-bond acceptors (Lipinski definition) is 14. The molecule has 3 radical (unpaired) electrons. The summed E-state index contributed by atoms with van der Waals surface area (Å²) >= 11 is 98.4. The van der Waals surface area contributed by atoms with Gasteiger partial charge < -0.3 is 66.1 Å². The first-order valence-corrected chi connectivity index (χ1v) is 51.2. The zero-order valence-corrected chi connectivity index (χ0v) is 89.4. The first kappa shape index (κ1) is 113. The van der Waals surface area contributed by atoms with Crippen LogP contribution in [0.25, 0.3) is 0 Å². The minimum Gasteiger partial charge on any atom is -0.479 e. The van der Waals surface area contributed by atoms with E-state index >= 15 is 0 Å². The third kappa shape index (κ3) is 33.0. The van der Waals surface area contributed by atoms with Crippen LogP contribution in [-0.2, 0) is 23.9 Å². The largest absolute Gasteiger partial charge is 0.479 e. The average Bonchev–Trinajstić information content (AvgIpc) is 1.00. The number of rotatable bonds is 18. The number of halogens is 16. The smallest absolute Gasteiger partial charge is 0.408 e. The highest BCUT2D eigenvalue weighted by atomic mass is 35.5. The Balaban J connectivity index is 0.000000168. The number of nitrogens with zero attached hydrogens (tertiary/aromatic N) is 7. The van der Waals surface area contributed by atoms with Gasteiger partial charge >= 0.3 is 12.1 Å². The highest BCUT2D eigenvalue weighted by molar-refractivity contribution is 6.39. The van der Waals surface area contributed by atoms with Crippen molar-refractivity contribution in [3.8, 4) is 0 Å². The summed E-state index contributed by atoms with van der Waals surface area (Å²) in [5, 5.41) is 25.1. The van der Waals surface area contributed by atoms with E-state index in [-0.39, 0.29) is 56.4 Å². The molecule has 8 atom stereocenters. The summed E-state index contributed by atoms with van der Waals surface area (Å²) in [7, 11) is 0. The highest BCUT2D eigenvalue weighted by Gasteiger charge is 2.38. The molecule has 5 aliphatic rings. The van der Waals surface area contributed by atoms with Gasteiger partial charge in [0.05, 0.1) is 72.9 Å². The normalized spacial score (nSPS) is 17.2. The summed E-state index contributed by atoms with van der Waals surface area (Å²) < 4.78 is 9.97. The number of amides is 3. The van der Waals surface area contributed by atoms with Gasteiger partial charge in [-0.1, -0.05) is 283 Å². The number of piperazine rings is 4. The molecule has 0 unspecified atom stereocenters. The molecule has 0 spiro atoms. The summed E-state index contributed by atoms with van der Waals surface area (Å²) in [4.78, 5) is 64.6. The van der Waals surface area contributed by atoms with Crippen LogP contribution in [0.1, 0.15) is 133 Å². The number of alkyl carbamates (subject to hydrolysis) is 1. The summed E-state index contributed by atoms with van der Waals surface area (Å²) in [5.41, 5.74) is 23.6. The van der Waals surface area contributed by atoms with Gasteiger partial charge in [-0.05, 0) is 255 Å². The molecule has 741 valence electrons. The van der Waals surface area contributed by atoms with Crippen molar-refractivity contribution in [3.05, 3.63) is 392 Å². The Kier molecular flexibility index (Phi) is 43.8. The van der Waals surface area contributed by atoms with Gasteiger partial charge in [-0.15, -0.1) is 0 Å². The molecule has 12 aromatic carbocycles. The predicted octanol–water partition coefficient (Wildman–Crippen LogP) is 29.0. The molecule has 5 saturated heterocycles. The second-order valence-corrected chi connectivity index (χ2v) is 41.6. The SMILES string of the molecule is C1CCOC1.CC(C)(C)OC(=O)N[C@@H](C(=O)O)c1ccc(Cl)cc1.C[C@@H](C(=O)N1CCN(c2ccc(Cl)cc2Cl)[C@H](c2ccc(Cl)cc2)C1)c1ccc(Cl)cc1.Clc1ccc([C@@H]2CNCCN2c2ccc(Cl)cc2Cl)cc1.N[C@@H](C(=O)N1CCN(c2ccc(Cl)cc2Cl)[C@H](c2ccc(Cl)cc2)C1)c1ccc(Cl)cc1.N[C@@H](CN1CCN(c2ccc(Cl)cc2Cl)[C@H](c2ccc(Cl)cc2)C1)c1ccc(Cl)cc1.[B]. The lowest BCUT2D eigenvalue weighted by Gasteiger charge is -2.44. The van der Waals surface area contributed by atoms with Crippen LogP contribution in [0.3, 0.4) is 0 Å². The Hall–Kier alpha value is -7.98. The number of hydrogen-bond donors (Lipinski definition) is 5. The van der Waals surface area contributed by atoms with Crippen LogP contribution in [0, 0.1) is 0 Å². The molecule has 141 heavy (non-hydrogen) atoms. The highest BCUT2D eigenvalue weighted by Crippen LogP contribution is 2.44. The number of benzene rings is 12. The van der Waals surface area contributed by atoms with E-state index in [1.54, 1.807) is 98.5 Å². The fourth-order valence-corrected chi connectivity index (χ4v) is 19.8. The molecule has 5 heterocycles. The standard InChI is InChI=1S/C25H22Cl4N2O.C24H21Cl4N3O.C24H23Cl4N3.C16H15Cl3N2.C13H16ClNO4.C4H8O.B/c1-16(17-2-6-19(26)7-3-17)25(32)30-12-13-31(23-11-10-21(28)14-22(23)29)24(15-30)18-4-8-20(27)9-5-18;25-17-5-1-15(2-6-17)22-14-30(24(32)23(29)16-3-7-18(26)8-4-16)11-12-31(22)21-10-9-19(27)13-20(21)28;25-18-5-1-16(2-6-18)22(29)14-30-11-12-31(23-10-9-20(27)13-21(23)28)24(15-30)17-3-7-19(26)8-4-17;17-12-3-1-11(2-4-12)16-10-20-7-8-21(16)15-6-5-13(18)9-14(15)19;1-13(2,3)19-12(18)15-10(11(16)17)8-4-6-9(14)7-5-8;1-2-4-5-3-1;/h2-11,14,16,24H,12-13,15H2,1H3;1-10,13,22-23H,11-12,14,29H2;1-10,13,22,24H,11-12,14-15,29H2;1-6,9,16,20H,7-8,10H2;4-7,10H,1-3H3,(H,15,18)(H,16,17);1-4H2;/t16-,24+;22-,23+;22-,24-;16-;10-;;/m10001../s1. The van der Waals surface area contributed by atoms with Gasteiger partial charge in [0, 0.05) is 173 Å². The molecule has 0 saturated carbocycles. The van der Waals surface area contributed by atoms with Crippen LogP contribution in [0.4, 0.5) is 27.5 Å². The van der Waals surface area contributed by atoms with E-state index in [2.05, 4.69) is 59.4 Å². The molecule has 0 aliphatic carbocycles. The third-order valence-corrected chi connectivity index (χ3v) is 28.1. The van der Waals surface area contributed by atoms with Crippen LogP contribution >= 0.6 is 186 Å². The number of nitrogens with two attached hydrogens (primary N) is 2. The van der Waals surface area contributed by atoms with E-state index in [0.29, 0.717) is 115 Å². The van der Waals surface area contributed by atoms with E-state index < -0.39 is 29.7 Å². The second-order valence-electron chi connectivity index (χ2n) is 34.7. The minimum absolute atomic E-state index is 0. The summed E-state index contributed by atoms with van der Waals surface area (Å²) in [5.74, 6) is -1.47. The maximum absolute atomic E-state index is 13.4. The molecule has 0 bridgehead atoms. The lowest BCUT2D eigenvalue weighted by atomic mass is 9.97. The molecule has 17 rings (SSSR count). The zero-order chi connectivity index (χ0) is 101. The van der Waals surface area contributed by atoms with Gasteiger partial charge in [0.2, 0.25) is 11.8 Å². The Morgan fingerprint density at radius 1 is 0.390 bits per heavy atom. The lowest BCUT2D eigenvalue weighted by Crippen LogP contribution is -2.52.